The number of nitrogens with zero attached hydrogens (tertiary/aromatic N) is 2. The van der Waals surface area contributed by atoms with Gasteiger partial charge < -0.3 is 19.1 Å². The van der Waals surface area contributed by atoms with Gasteiger partial charge in [-0.2, -0.15) is 0 Å². The number of ether oxygens (including phenoxy) is 3. The predicted molar refractivity (Wildman–Crippen MR) is 95.1 cm³/mol. The molecule has 6 heteroatoms. The normalized spacial score (nSPS) is 26.7. The molecule has 3 saturated heterocycles. The number of hydrogen-bond donors (Lipinski definition) is 0. The number of amides is 1. The van der Waals surface area contributed by atoms with Gasteiger partial charge in [-0.15, -0.1) is 0 Å². The van der Waals surface area contributed by atoms with Crippen LogP contribution < -0.4 is 9.47 Å². The van der Waals surface area contributed by atoms with E-state index >= 15 is 0 Å². The van der Waals surface area contributed by atoms with Crippen molar-refractivity contribution in [2.45, 2.75) is 37.8 Å². The second kappa shape index (κ2) is 6.43. The van der Waals surface area contributed by atoms with Crippen LogP contribution in [0.4, 0.5) is 0 Å². The molecule has 4 heterocycles. The Morgan fingerprint density at radius 3 is 2.92 bits per heavy atom. The average Bonchev–Trinajstić information content (AvgIpc) is 3.32. The maximum Gasteiger partial charge on any atom is 0.231 e. The highest BCUT2D eigenvalue weighted by Gasteiger charge is 2.52. The number of benzene rings is 1. The van der Waals surface area contributed by atoms with E-state index in [-0.39, 0.29) is 5.60 Å². The maximum atomic E-state index is 11.8. The van der Waals surface area contributed by atoms with Crippen molar-refractivity contribution in [3.63, 3.8) is 0 Å². The van der Waals surface area contributed by atoms with Crippen molar-refractivity contribution in [3.05, 3.63) is 23.8 Å². The summed E-state index contributed by atoms with van der Waals surface area (Å²) in [5, 5.41) is 0. The highest BCUT2D eigenvalue weighted by molar-refractivity contribution is 5.78. The Balaban J connectivity index is 1.16. The van der Waals surface area contributed by atoms with E-state index in [1.165, 1.54) is 5.56 Å². The van der Waals surface area contributed by atoms with Gasteiger partial charge in [0.25, 0.3) is 0 Å². The van der Waals surface area contributed by atoms with Gasteiger partial charge >= 0.3 is 0 Å². The van der Waals surface area contributed by atoms with E-state index < -0.39 is 0 Å². The van der Waals surface area contributed by atoms with Crippen LogP contribution in [0.15, 0.2) is 18.2 Å². The fourth-order valence-corrected chi connectivity index (χ4v) is 4.91. The van der Waals surface area contributed by atoms with Crippen molar-refractivity contribution >= 4 is 5.91 Å². The summed E-state index contributed by atoms with van der Waals surface area (Å²) in [4.78, 5) is 16.3. The van der Waals surface area contributed by atoms with E-state index in [0.29, 0.717) is 18.6 Å². The van der Waals surface area contributed by atoms with Crippen LogP contribution >= 0.6 is 0 Å². The van der Waals surface area contributed by atoms with Crippen LogP contribution in [0.1, 0.15) is 31.2 Å². The van der Waals surface area contributed by atoms with Gasteiger partial charge in [0.05, 0.1) is 5.60 Å². The van der Waals surface area contributed by atoms with Crippen molar-refractivity contribution in [2.24, 2.45) is 5.92 Å². The van der Waals surface area contributed by atoms with Crippen LogP contribution in [-0.4, -0.2) is 60.9 Å². The van der Waals surface area contributed by atoms with Crippen LogP contribution in [-0.2, 0) is 16.1 Å². The quantitative estimate of drug-likeness (QED) is 0.806. The molecule has 0 aromatic heterocycles. The number of fused-ring (bicyclic) bond motifs is 1. The molecule has 4 aliphatic rings. The Kier molecular flexibility index (Phi) is 4.05. The second-order valence-electron chi connectivity index (χ2n) is 8.00. The first-order valence-corrected chi connectivity index (χ1v) is 9.74. The third kappa shape index (κ3) is 2.85. The lowest BCUT2D eigenvalue weighted by atomic mass is 9.78. The minimum atomic E-state index is 0.0130. The van der Waals surface area contributed by atoms with Crippen molar-refractivity contribution in [3.8, 4) is 11.5 Å². The molecule has 0 radical (unpaired) electrons. The molecule has 1 aromatic carbocycles. The smallest absolute Gasteiger partial charge is 0.231 e. The topological polar surface area (TPSA) is 51.2 Å². The molecule has 4 aliphatic heterocycles. The zero-order valence-electron chi connectivity index (χ0n) is 15.1. The molecule has 0 bridgehead atoms. The fourth-order valence-electron chi connectivity index (χ4n) is 4.91. The Labute approximate surface area is 154 Å². The van der Waals surface area contributed by atoms with Crippen molar-refractivity contribution < 1.29 is 19.0 Å². The molecular formula is C20H26N2O4. The van der Waals surface area contributed by atoms with Crippen LogP contribution in [0.2, 0.25) is 0 Å². The molecule has 1 aromatic rings. The SMILES string of the molecule is O=C1CCCN1CC[C@@H]1CCOC12CN(Cc1ccc3c(c1)OCO3)C2. The molecule has 6 nitrogen and oxygen atoms in total. The van der Waals surface area contributed by atoms with Gasteiger partial charge in [0, 0.05) is 45.8 Å². The van der Waals surface area contributed by atoms with E-state index in [2.05, 4.69) is 17.0 Å². The molecular weight excluding hydrogens is 332 g/mol. The first-order valence-electron chi connectivity index (χ1n) is 9.74. The minimum Gasteiger partial charge on any atom is -0.454 e. The predicted octanol–water partition coefficient (Wildman–Crippen LogP) is 2.02. The minimum absolute atomic E-state index is 0.0130. The lowest BCUT2D eigenvalue weighted by molar-refractivity contribution is -0.139. The molecule has 0 N–H and O–H groups in total. The third-order valence-corrected chi connectivity index (χ3v) is 6.34. The highest BCUT2D eigenvalue weighted by atomic mass is 16.7. The number of carbonyl (C=O) groups is 1. The standard InChI is InChI=1S/C20H26N2O4/c23-19-2-1-7-22(19)8-5-16-6-9-26-20(16)12-21(13-20)11-15-3-4-17-18(10-15)25-14-24-17/h3-4,10,16H,1-2,5-9,11-14H2/t16-/m1/s1. The first kappa shape index (κ1) is 16.4. The molecule has 0 unspecified atom stereocenters. The number of carbonyl (C=O) groups excluding carboxylic acids is 1. The van der Waals surface area contributed by atoms with E-state index in [1.807, 2.05) is 11.0 Å². The van der Waals surface area contributed by atoms with E-state index in [1.54, 1.807) is 0 Å². The third-order valence-electron chi connectivity index (χ3n) is 6.34. The van der Waals surface area contributed by atoms with Crippen molar-refractivity contribution in [1.82, 2.24) is 9.80 Å². The lowest BCUT2D eigenvalue weighted by Gasteiger charge is -2.50. The molecule has 26 heavy (non-hydrogen) atoms. The molecule has 1 spiro atoms. The molecule has 0 aliphatic carbocycles. The molecule has 1 amide bonds. The van der Waals surface area contributed by atoms with Gasteiger partial charge in [-0.05, 0) is 42.9 Å². The van der Waals surface area contributed by atoms with Crippen LogP contribution in [0, 0.1) is 5.92 Å². The Hall–Kier alpha value is -1.79. The summed E-state index contributed by atoms with van der Waals surface area (Å²) >= 11 is 0. The van der Waals surface area contributed by atoms with Gasteiger partial charge in [-0.25, -0.2) is 0 Å². The fraction of sp³-hybridized carbons (Fsp3) is 0.650. The average molecular weight is 358 g/mol. The number of likely N-dealkylation sites (tertiary alicyclic amines) is 2. The van der Waals surface area contributed by atoms with Gasteiger partial charge in [0.1, 0.15) is 0 Å². The van der Waals surface area contributed by atoms with Gasteiger partial charge in [-0.3, -0.25) is 9.69 Å². The zero-order chi connectivity index (χ0) is 17.6. The summed E-state index contributed by atoms with van der Waals surface area (Å²) in [6.45, 7) is 5.91. The van der Waals surface area contributed by atoms with Gasteiger partial charge in [-0.1, -0.05) is 6.07 Å². The van der Waals surface area contributed by atoms with E-state index in [9.17, 15) is 4.79 Å². The van der Waals surface area contributed by atoms with Crippen LogP contribution in [0.3, 0.4) is 0 Å². The van der Waals surface area contributed by atoms with Crippen LogP contribution in [0.25, 0.3) is 0 Å². The van der Waals surface area contributed by atoms with Crippen molar-refractivity contribution in [2.75, 3.05) is 39.6 Å². The summed E-state index contributed by atoms with van der Waals surface area (Å²) in [6.07, 6.45) is 3.95. The Morgan fingerprint density at radius 2 is 2.08 bits per heavy atom. The zero-order valence-corrected chi connectivity index (χ0v) is 15.1. The second-order valence-corrected chi connectivity index (χ2v) is 8.00. The lowest BCUT2D eigenvalue weighted by Crippen LogP contribution is -2.64. The molecule has 1 atom stereocenters. The van der Waals surface area contributed by atoms with Crippen molar-refractivity contribution in [1.29, 1.82) is 0 Å². The van der Waals surface area contributed by atoms with Crippen LogP contribution in [0.5, 0.6) is 11.5 Å². The highest BCUT2D eigenvalue weighted by Crippen LogP contribution is 2.43. The number of rotatable bonds is 5. The molecule has 5 rings (SSSR count). The Bertz CT molecular complexity index is 701. The first-order chi connectivity index (χ1) is 12.7. The van der Waals surface area contributed by atoms with E-state index in [0.717, 1.165) is 76.5 Å². The molecule has 140 valence electrons. The molecule has 3 fully saturated rings. The summed E-state index contributed by atoms with van der Waals surface area (Å²) in [6, 6.07) is 6.19. The summed E-state index contributed by atoms with van der Waals surface area (Å²) < 4.78 is 17.0. The number of hydrogen-bond acceptors (Lipinski definition) is 5. The molecule has 0 saturated carbocycles. The van der Waals surface area contributed by atoms with Gasteiger partial charge in [0.2, 0.25) is 12.7 Å². The maximum absolute atomic E-state index is 11.8. The monoisotopic (exact) mass is 358 g/mol. The Morgan fingerprint density at radius 1 is 1.19 bits per heavy atom. The van der Waals surface area contributed by atoms with E-state index in [4.69, 9.17) is 14.2 Å². The summed E-state index contributed by atoms with van der Waals surface area (Å²) in [7, 11) is 0. The summed E-state index contributed by atoms with van der Waals surface area (Å²) in [5.41, 5.74) is 1.26. The largest absolute Gasteiger partial charge is 0.454 e. The summed E-state index contributed by atoms with van der Waals surface area (Å²) in [5.74, 6) is 2.59. The van der Waals surface area contributed by atoms with Gasteiger partial charge in [0.15, 0.2) is 11.5 Å².